The van der Waals surface area contributed by atoms with Gasteiger partial charge in [-0.2, -0.15) is 0 Å². The number of hydrogen-bond acceptors (Lipinski definition) is 1. The lowest BCUT2D eigenvalue weighted by atomic mass is 9.83. The average Bonchev–Trinajstić information content (AvgIpc) is 2.04. The van der Waals surface area contributed by atoms with E-state index in [2.05, 4.69) is 19.3 Å². The molecule has 10 heavy (non-hydrogen) atoms. The first kappa shape index (κ1) is 8.06. The van der Waals surface area contributed by atoms with Gasteiger partial charge in [-0.15, -0.1) is 0 Å². The fraction of sp³-hybridized carbons (Fsp3) is 1.00. The second kappa shape index (κ2) is 3.97. The minimum Gasteiger partial charge on any atom is -0.317 e. The van der Waals surface area contributed by atoms with Crippen LogP contribution in [-0.2, 0) is 0 Å². The van der Waals surface area contributed by atoms with Gasteiger partial charge in [-0.05, 0) is 25.8 Å². The Morgan fingerprint density at radius 2 is 2.10 bits per heavy atom. The molecule has 2 atom stereocenters. The summed E-state index contributed by atoms with van der Waals surface area (Å²) in [6.07, 6.45) is 7.08. The predicted octanol–water partition coefficient (Wildman–Crippen LogP) is 2.42. The molecule has 1 saturated carbocycles. The highest BCUT2D eigenvalue weighted by Crippen LogP contribution is 2.26. The smallest absolute Gasteiger partial charge is 0.00922 e. The summed E-state index contributed by atoms with van der Waals surface area (Å²) >= 11 is 0. The molecule has 0 aliphatic heterocycles. The Hall–Kier alpha value is -0.0400. The van der Waals surface area contributed by atoms with Crippen molar-refractivity contribution < 1.29 is 1.43 Å². The van der Waals surface area contributed by atoms with Crippen molar-refractivity contribution in [1.29, 1.82) is 0 Å². The van der Waals surface area contributed by atoms with Crippen molar-refractivity contribution in [2.24, 2.45) is 5.92 Å². The van der Waals surface area contributed by atoms with E-state index in [-0.39, 0.29) is 1.43 Å². The Kier molecular flexibility index (Phi) is 3.20. The van der Waals surface area contributed by atoms with Gasteiger partial charge in [0, 0.05) is 7.47 Å². The summed E-state index contributed by atoms with van der Waals surface area (Å²) in [7, 11) is 2.10. The standard InChI is InChI=1S/C9H19N.H2/c1-3-8-6-4-5-7-9(8)10-2;/h8-10H,3-7H2,1-2H3;1H/t8-,9-;/m1./s1. The van der Waals surface area contributed by atoms with Gasteiger partial charge in [-0.3, -0.25) is 0 Å². The van der Waals surface area contributed by atoms with Gasteiger partial charge < -0.3 is 5.32 Å². The van der Waals surface area contributed by atoms with E-state index in [0.717, 1.165) is 12.0 Å². The van der Waals surface area contributed by atoms with E-state index in [4.69, 9.17) is 0 Å². The van der Waals surface area contributed by atoms with Crippen molar-refractivity contribution in [3.05, 3.63) is 0 Å². The summed E-state index contributed by atoms with van der Waals surface area (Å²) in [6, 6.07) is 0.818. The Labute approximate surface area is 65.7 Å². The van der Waals surface area contributed by atoms with Gasteiger partial charge in [0.15, 0.2) is 0 Å². The van der Waals surface area contributed by atoms with Crippen molar-refractivity contribution in [2.75, 3.05) is 7.05 Å². The van der Waals surface area contributed by atoms with Gasteiger partial charge in [0.1, 0.15) is 0 Å². The zero-order chi connectivity index (χ0) is 7.40. The molecule has 0 aromatic carbocycles. The molecule has 1 nitrogen and oxygen atoms in total. The van der Waals surface area contributed by atoms with E-state index >= 15 is 0 Å². The van der Waals surface area contributed by atoms with Gasteiger partial charge in [0.2, 0.25) is 0 Å². The molecule has 0 bridgehead atoms. The van der Waals surface area contributed by atoms with E-state index in [1.165, 1.54) is 32.1 Å². The van der Waals surface area contributed by atoms with Crippen molar-refractivity contribution in [2.45, 2.75) is 45.1 Å². The Bertz CT molecular complexity index is 83.6. The van der Waals surface area contributed by atoms with Gasteiger partial charge in [0.05, 0.1) is 0 Å². The maximum absolute atomic E-state index is 3.40. The summed E-state index contributed by atoms with van der Waals surface area (Å²) < 4.78 is 0. The molecule has 1 aliphatic rings. The Balaban J connectivity index is 0.000001000. The quantitative estimate of drug-likeness (QED) is 0.626. The second-order valence-electron chi connectivity index (χ2n) is 3.35. The molecule has 0 unspecified atom stereocenters. The first-order valence-electron chi connectivity index (χ1n) is 4.55. The summed E-state index contributed by atoms with van der Waals surface area (Å²) in [6.45, 7) is 2.31. The molecular formula is C9H21N. The lowest BCUT2D eigenvalue weighted by Crippen LogP contribution is -2.35. The highest BCUT2D eigenvalue weighted by molar-refractivity contribution is 4.78. The van der Waals surface area contributed by atoms with Gasteiger partial charge in [-0.25, -0.2) is 0 Å². The van der Waals surface area contributed by atoms with Gasteiger partial charge >= 0.3 is 0 Å². The molecule has 0 aromatic rings. The van der Waals surface area contributed by atoms with Crippen molar-refractivity contribution in [1.82, 2.24) is 5.32 Å². The number of rotatable bonds is 2. The lowest BCUT2D eigenvalue weighted by Gasteiger charge is -2.30. The molecule has 0 aromatic heterocycles. The fourth-order valence-corrected chi connectivity index (χ4v) is 2.08. The molecule has 1 fully saturated rings. The number of nitrogens with one attached hydrogen (secondary N) is 1. The topological polar surface area (TPSA) is 12.0 Å². The van der Waals surface area contributed by atoms with Crippen LogP contribution in [0.1, 0.15) is 40.5 Å². The van der Waals surface area contributed by atoms with Crippen LogP contribution in [0.5, 0.6) is 0 Å². The average molecular weight is 143 g/mol. The maximum atomic E-state index is 3.40. The molecule has 0 radical (unpaired) electrons. The normalized spacial score (nSPS) is 34.2. The van der Waals surface area contributed by atoms with Crippen LogP contribution in [-0.4, -0.2) is 13.1 Å². The molecule has 0 heterocycles. The van der Waals surface area contributed by atoms with Crippen molar-refractivity contribution in [3.63, 3.8) is 0 Å². The summed E-state index contributed by atoms with van der Waals surface area (Å²) in [5.74, 6) is 0.957. The van der Waals surface area contributed by atoms with Gasteiger partial charge in [0.25, 0.3) is 0 Å². The molecule has 1 heteroatoms. The summed E-state index contributed by atoms with van der Waals surface area (Å²) in [4.78, 5) is 0. The lowest BCUT2D eigenvalue weighted by molar-refractivity contribution is 0.267. The van der Waals surface area contributed by atoms with Crippen LogP contribution in [0.25, 0.3) is 0 Å². The molecule has 1 rings (SSSR count). The molecule has 1 N–H and O–H groups in total. The first-order chi connectivity index (χ1) is 4.88. The SMILES string of the molecule is CC[C@@H]1CCCC[C@H]1NC.[HH]. The van der Waals surface area contributed by atoms with Crippen LogP contribution in [0.4, 0.5) is 0 Å². The van der Waals surface area contributed by atoms with E-state index < -0.39 is 0 Å². The first-order valence-corrected chi connectivity index (χ1v) is 4.55. The molecule has 62 valence electrons. The zero-order valence-electron chi connectivity index (χ0n) is 7.19. The number of hydrogen-bond donors (Lipinski definition) is 1. The van der Waals surface area contributed by atoms with Crippen LogP contribution in [0.2, 0.25) is 0 Å². The summed E-state index contributed by atoms with van der Waals surface area (Å²) in [5.41, 5.74) is 0. The van der Waals surface area contributed by atoms with Crippen LogP contribution >= 0.6 is 0 Å². The molecule has 0 saturated heterocycles. The predicted molar refractivity (Wildman–Crippen MR) is 47.2 cm³/mol. The molecular weight excluding hydrogens is 122 g/mol. The Morgan fingerprint density at radius 1 is 1.40 bits per heavy atom. The van der Waals surface area contributed by atoms with Crippen LogP contribution < -0.4 is 5.32 Å². The minimum atomic E-state index is 0. The Morgan fingerprint density at radius 3 is 2.60 bits per heavy atom. The van der Waals surface area contributed by atoms with Crippen LogP contribution in [0.3, 0.4) is 0 Å². The highest BCUT2D eigenvalue weighted by Gasteiger charge is 2.21. The minimum absolute atomic E-state index is 0. The zero-order valence-corrected chi connectivity index (χ0v) is 7.19. The molecule has 0 amide bonds. The largest absolute Gasteiger partial charge is 0.317 e. The van der Waals surface area contributed by atoms with E-state index in [1.54, 1.807) is 0 Å². The maximum Gasteiger partial charge on any atom is 0.00922 e. The molecule has 0 spiro atoms. The van der Waals surface area contributed by atoms with E-state index in [9.17, 15) is 0 Å². The van der Waals surface area contributed by atoms with Crippen molar-refractivity contribution in [3.8, 4) is 0 Å². The van der Waals surface area contributed by atoms with Crippen LogP contribution in [0.15, 0.2) is 0 Å². The van der Waals surface area contributed by atoms with E-state index in [0.29, 0.717) is 0 Å². The summed E-state index contributed by atoms with van der Waals surface area (Å²) in [5, 5.41) is 3.40. The third-order valence-electron chi connectivity index (χ3n) is 2.80. The monoisotopic (exact) mass is 143 g/mol. The third-order valence-corrected chi connectivity index (χ3v) is 2.80. The molecule has 1 aliphatic carbocycles. The third kappa shape index (κ3) is 1.72. The second-order valence-corrected chi connectivity index (χ2v) is 3.35. The van der Waals surface area contributed by atoms with E-state index in [1.807, 2.05) is 0 Å². The van der Waals surface area contributed by atoms with Gasteiger partial charge in [-0.1, -0.05) is 26.2 Å². The highest BCUT2D eigenvalue weighted by atomic mass is 14.9. The van der Waals surface area contributed by atoms with Crippen LogP contribution in [0, 0.1) is 5.92 Å². The van der Waals surface area contributed by atoms with Crippen molar-refractivity contribution >= 4 is 0 Å². The fourth-order valence-electron chi connectivity index (χ4n) is 2.08.